The Balaban J connectivity index is 1.70. The molecule has 1 amide bonds. The molecular weight excluding hydrogens is 266 g/mol. The van der Waals surface area contributed by atoms with E-state index in [4.69, 9.17) is 0 Å². The molecule has 1 aliphatic heterocycles. The van der Waals surface area contributed by atoms with Crippen LogP contribution in [-0.2, 0) is 4.79 Å². The molecule has 6 heteroatoms. The number of hydrogen-bond acceptors (Lipinski definition) is 5. The van der Waals surface area contributed by atoms with E-state index in [1.165, 1.54) is 0 Å². The SMILES string of the molecule is CN(C)CCCNC(=O)C1CCN(c2ncccn2)CC1. The van der Waals surface area contributed by atoms with Crippen LogP contribution in [0.15, 0.2) is 18.5 Å². The van der Waals surface area contributed by atoms with Gasteiger partial charge in [-0.15, -0.1) is 0 Å². The molecule has 21 heavy (non-hydrogen) atoms. The number of carbonyl (C=O) groups excluding carboxylic acids is 1. The lowest BCUT2D eigenvalue weighted by molar-refractivity contribution is -0.125. The van der Waals surface area contributed by atoms with E-state index < -0.39 is 0 Å². The highest BCUT2D eigenvalue weighted by atomic mass is 16.1. The second kappa shape index (κ2) is 7.93. The third-order valence-corrected chi connectivity index (χ3v) is 3.78. The highest BCUT2D eigenvalue weighted by Crippen LogP contribution is 2.20. The van der Waals surface area contributed by atoms with Crippen LogP contribution in [0.4, 0.5) is 5.95 Å². The lowest BCUT2D eigenvalue weighted by Crippen LogP contribution is -2.41. The van der Waals surface area contributed by atoms with Crippen molar-refractivity contribution in [3.05, 3.63) is 18.5 Å². The molecule has 1 aromatic rings. The molecule has 1 N–H and O–H groups in total. The summed E-state index contributed by atoms with van der Waals surface area (Å²) in [6.45, 7) is 3.46. The van der Waals surface area contributed by atoms with Crippen LogP contribution in [0.3, 0.4) is 0 Å². The average Bonchev–Trinajstić information content (AvgIpc) is 2.52. The predicted octanol–water partition coefficient (Wildman–Crippen LogP) is 0.761. The standard InChI is InChI=1S/C15H25N5O/c1-19(2)10-4-9-16-14(21)13-5-11-20(12-6-13)15-17-7-3-8-18-15/h3,7-8,13H,4-6,9-12H2,1-2H3,(H,16,21). The summed E-state index contributed by atoms with van der Waals surface area (Å²) in [4.78, 5) is 24.9. The van der Waals surface area contributed by atoms with Gasteiger partial charge in [0.2, 0.25) is 11.9 Å². The Morgan fingerprint density at radius 3 is 2.62 bits per heavy atom. The van der Waals surface area contributed by atoms with Crippen LogP contribution in [0.1, 0.15) is 19.3 Å². The Kier molecular flexibility index (Phi) is 5.92. The summed E-state index contributed by atoms with van der Waals surface area (Å²) < 4.78 is 0. The molecule has 1 fully saturated rings. The zero-order valence-electron chi connectivity index (χ0n) is 13.0. The first kappa shape index (κ1) is 15.7. The van der Waals surface area contributed by atoms with Gasteiger partial charge in [-0.05, 0) is 46.0 Å². The van der Waals surface area contributed by atoms with Gasteiger partial charge < -0.3 is 15.1 Å². The van der Waals surface area contributed by atoms with Gasteiger partial charge in [0.15, 0.2) is 0 Å². The third-order valence-electron chi connectivity index (χ3n) is 3.78. The third kappa shape index (κ3) is 4.97. The zero-order chi connectivity index (χ0) is 15.1. The maximum absolute atomic E-state index is 12.1. The molecule has 6 nitrogen and oxygen atoms in total. The second-order valence-corrected chi connectivity index (χ2v) is 5.76. The van der Waals surface area contributed by atoms with Crippen LogP contribution in [0.2, 0.25) is 0 Å². The van der Waals surface area contributed by atoms with Crippen LogP contribution >= 0.6 is 0 Å². The number of aromatic nitrogens is 2. The van der Waals surface area contributed by atoms with Crippen LogP contribution in [-0.4, -0.2) is 61.0 Å². The average molecular weight is 291 g/mol. The minimum atomic E-state index is 0.129. The van der Waals surface area contributed by atoms with E-state index in [2.05, 4.69) is 25.1 Å². The van der Waals surface area contributed by atoms with Crippen molar-refractivity contribution in [3.8, 4) is 0 Å². The summed E-state index contributed by atoms with van der Waals surface area (Å²) in [5.41, 5.74) is 0. The summed E-state index contributed by atoms with van der Waals surface area (Å²) in [7, 11) is 4.09. The van der Waals surface area contributed by atoms with Gasteiger partial charge in [-0.25, -0.2) is 9.97 Å². The fourth-order valence-electron chi connectivity index (χ4n) is 2.55. The molecule has 0 aliphatic carbocycles. The molecule has 1 aliphatic rings. The van der Waals surface area contributed by atoms with Crippen molar-refractivity contribution in [2.24, 2.45) is 5.92 Å². The number of hydrogen-bond donors (Lipinski definition) is 1. The Labute approximate surface area is 126 Å². The molecule has 0 bridgehead atoms. The molecule has 0 saturated carbocycles. The first-order valence-corrected chi connectivity index (χ1v) is 7.61. The van der Waals surface area contributed by atoms with Gasteiger partial charge in [-0.1, -0.05) is 0 Å². The Hall–Kier alpha value is -1.69. The molecule has 0 radical (unpaired) electrons. The van der Waals surface area contributed by atoms with Crippen molar-refractivity contribution in [1.29, 1.82) is 0 Å². The lowest BCUT2D eigenvalue weighted by Gasteiger charge is -2.31. The number of nitrogens with zero attached hydrogens (tertiary/aromatic N) is 4. The van der Waals surface area contributed by atoms with Gasteiger partial charge >= 0.3 is 0 Å². The molecule has 2 heterocycles. The molecule has 1 saturated heterocycles. The lowest BCUT2D eigenvalue weighted by atomic mass is 9.96. The van der Waals surface area contributed by atoms with E-state index in [0.29, 0.717) is 0 Å². The van der Waals surface area contributed by atoms with Crippen molar-refractivity contribution >= 4 is 11.9 Å². The van der Waals surface area contributed by atoms with E-state index in [-0.39, 0.29) is 11.8 Å². The minimum Gasteiger partial charge on any atom is -0.356 e. The van der Waals surface area contributed by atoms with Crippen LogP contribution in [0.5, 0.6) is 0 Å². The number of carbonyl (C=O) groups is 1. The van der Waals surface area contributed by atoms with Gasteiger partial charge in [0.1, 0.15) is 0 Å². The van der Waals surface area contributed by atoms with Gasteiger partial charge in [0.25, 0.3) is 0 Å². The number of rotatable bonds is 6. The van der Waals surface area contributed by atoms with Gasteiger partial charge in [0, 0.05) is 37.9 Å². The fraction of sp³-hybridized carbons (Fsp3) is 0.667. The summed E-state index contributed by atoms with van der Waals surface area (Å²) in [6, 6.07) is 1.82. The van der Waals surface area contributed by atoms with E-state index in [0.717, 1.165) is 51.4 Å². The van der Waals surface area contributed by atoms with Gasteiger partial charge in [-0.3, -0.25) is 4.79 Å². The van der Waals surface area contributed by atoms with Crippen molar-refractivity contribution in [3.63, 3.8) is 0 Å². The van der Waals surface area contributed by atoms with E-state index >= 15 is 0 Å². The zero-order valence-corrected chi connectivity index (χ0v) is 13.0. The van der Waals surface area contributed by atoms with Crippen LogP contribution in [0, 0.1) is 5.92 Å². The highest BCUT2D eigenvalue weighted by molar-refractivity contribution is 5.78. The summed E-state index contributed by atoms with van der Waals surface area (Å²) in [5, 5.41) is 3.05. The summed E-state index contributed by atoms with van der Waals surface area (Å²) in [6.07, 6.45) is 6.25. The van der Waals surface area contributed by atoms with Crippen LogP contribution in [0.25, 0.3) is 0 Å². The monoisotopic (exact) mass is 291 g/mol. The van der Waals surface area contributed by atoms with Crippen molar-refractivity contribution < 1.29 is 4.79 Å². The second-order valence-electron chi connectivity index (χ2n) is 5.76. The van der Waals surface area contributed by atoms with Crippen molar-refractivity contribution in [2.75, 3.05) is 45.2 Å². The summed E-state index contributed by atoms with van der Waals surface area (Å²) >= 11 is 0. The fourth-order valence-corrected chi connectivity index (χ4v) is 2.55. The van der Waals surface area contributed by atoms with Crippen molar-refractivity contribution in [2.45, 2.75) is 19.3 Å². The minimum absolute atomic E-state index is 0.129. The maximum Gasteiger partial charge on any atom is 0.225 e. The molecule has 0 atom stereocenters. The molecule has 2 rings (SSSR count). The van der Waals surface area contributed by atoms with Gasteiger partial charge in [0.05, 0.1) is 0 Å². The molecular formula is C15H25N5O. The van der Waals surface area contributed by atoms with E-state index in [9.17, 15) is 4.79 Å². The normalized spacial score (nSPS) is 16.2. The number of anilines is 1. The summed E-state index contributed by atoms with van der Waals surface area (Å²) in [5.74, 6) is 1.09. The Morgan fingerprint density at radius 2 is 2.00 bits per heavy atom. The molecule has 0 unspecified atom stereocenters. The van der Waals surface area contributed by atoms with Gasteiger partial charge in [-0.2, -0.15) is 0 Å². The predicted molar refractivity (Wildman–Crippen MR) is 83.1 cm³/mol. The smallest absolute Gasteiger partial charge is 0.225 e. The topological polar surface area (TPSA) is 61.4 Å². The largest absolute Gasteiger partial charge is 0.356 e. The van der Waals surface area contributed by atoms with E-state index in [1.54, 1.807) is 12.4 Å². The molecule has 1 aromatic heterocycles. The molecule has 116 valence electrons. The maximum atomic E-state index is 12.1. The Bertz CT molecular complexity index is 429. The quantitative estimate of drug-likeness (QED) is 0.784. The van der Waals surface area contributed by atoms with E-state index in [1.807, 2.05) is 20.2 Å². The molecule has 0 aromatic carbocycles. The number of piperidine rings is 1. The van der Waals surface area contributed by atoms with Crippen LogP contribution < -0.4 is 10.2 Å². The first-order valence-electron chi connectivity index (χ1n) is 7.61. The van der Waals surface area contributed by atoms with Crippen molar-refractivity contribution in [1.82, 2.24) is 20.2 Å². The molecule has 0 spiro atoms. The highest BCUT2D eigenvalue weighted by Gasteiger charge is 2.25. The Morgan fingerprint density at radius 1 is 1.33 bits per heavy atom. The number of amides is 1. The first-order chi connectivity index (χ1) is 10.2. The number of nitrogens with one attached hydrogen (secondary N) is 1.